The molecule has 2 rings (SSSR count). The smallest absolute Gasteiger partial charge is 0.423 e. The molecule has 0 fully saturated rings. The molecule has 0 bridgehead atoms. The minimum atomic E-state index is -1.49. The van der Waals surface area contributed by atoms with E-state index in [1.165, 1.54) is 0 Å². The number of benzene rings is 1. The summed E-state index contributed by atoms with van der Waals surface area (Å²) in [5.41, 5.74) is 1.93. The molecule has 0 aliphatic carbocycles. The van der Waals surface area contributed by atoms with Crippen LogP contribution in [0.1, 0.15) is 25.8 Å². The van der Waals surface area contributed by atoms with Gasteiger partial charge in [0, 0.05) is 16.7 Å². The molecule has 1 heterocycles. The summed E-state index contributed by atoms with van der Waals surface area (Å²) in [5, 5.41) is 18.9. The van der Waals surface area contributed by atoms with Crippen LogP contribution < -0.4 is 5.46 Å². The molecule has 0 radical (unpaired) electrons. The molecule has 86 valence electrons. The maximum absolute atomic E-state index is 9.11. The standard InChI is InChI=1S/C9H9BClNO2.C2H6/c11-8-4-3-7(10(13)14)9-6(8)2-1-5-12-9;1-2/h3-5,13-14H,1-2H2;1-2H3. The first kappa shape index (κ1) is 13.2. The van der Waals surface area contributed by atoms with Crippen LogP contribution in [0.4, 0.5) is 5.69 Å². The Labute approximate surface area is 101 Å². The molecule has 1 aliphatic heterocycles. The molecule has 0 amide bonds. The lowest BCUT2D eigenvalue weighted by Crippen LogP contribution is -2.31. The van der Waals surface area contributed by atoms with Gasteiger partial charge in [-0.05, 0) is 24.5 Å². The van der Waals surface area contributed by atoms with E-state index in [1.54, 1.807) is 18.3 Å². The fraction of sp³-hybridized carbons (Fsp3) is 0.364. The quantitative estimate of drug-likeness (QED) is 0.733. The predicted molar refractivity (Wildman–Crippen MR) is 69.1 cm³/mol. The normalized spacial score (nSPS) is 12.6. The number of nitrogens with zero attached hydrogens (tertiary/aromatic N) is 1. The van der Waals surface area contributed by atoms with Crippen molar-refractivity contribution >= 4 is 36.1 Å². The maximum Gasteiger partial charge on any atom is 0.490 e. The van der Waals surface area contributed by atoms with Crippen molar-refractivity contribution in [3.8, 4) is 0 Å². The number of fused-ring (bicyclic) bond motifs is 1. The third-order valence-electron chi connectivity index (χ3n) is 2.28. The van der Waals surface area contributed by atoms with E-state index in [0.29, 0.717) is 16.2 Å². The molecule has 1 aromatic carbocycles. The Morgan fingerprint density at radius 3 is 2.62 bits per heavy atom. The zero-order chi connectivity index (χ0) is 12.1. The highest BCUT2D eigenvalue weighted by molar-refractivity contribution is 6.60. The minimum absolute atomic E-state index is 0.417. The molecule has 0 spiro atoms. The van der Waals surface area contributed by atoms with Crippen LogP contribution >= 0.6 is 11.6 Å². The van der Waals surface area contributed by atoms with E-state index in [1.807, 2.05) is 13.8 Å². The van der Waals surface area contributed by atoms with E-state index >= 15 is 0 Å². The summed E-state index contributed by atoms with van der Waals surface area (Å²) in [5.74, 6) is 0. The highest BCUT2D eigenvalue weighted by Gasteiger charge is 2.21. The van der Waals surface area contributed by atoms with E-state index in [0.717, 1.165) is 18.4 Å². The van der Waals surface area contributed by atoms with E-state index < -0.39 is 7.12 Å². The first-order valence-corrected chi connectivity index (χ1v) is 5.78. The van der Waals surface area contributed by atoms with Gasteiger partial charge in [0.2, 0.25) is 0 Å². The van der Waals surface area contributed by atoms with Crippen LogP contribution in [0.15, 0.2) is 17.1 Å². The Bertz CT molecular complexity index is 394. The number of hydrogen-bond donors (Lipinski definition) is 2. The number of rotatable bonds is 1. The average Bonchev–Trinajstić information content (AvgIpc) is 2.32. The largest absolute Gasteiger partial charge is 0.490 e. The van der Waals surface area contributed by atoms with E-state index in [4.69, 9.17) is 21.6 Å². The van der Waals surface area contributed by atoms with Crippen LogP contribution in [0.25, 0.3) is 0 Å². The van der Waals surface area contributed by atoms with E-state index in [9.17, 15) is 0 Å². The fourth-order valence-electron chi connectivity index (χ4n) is 1.59. The van der Waals surface area contributed by atoms with Crippen LogP contribution in [-0.2, 0) is 6.42 Å². The molecule has 1 aromatic rings. The molecule has 5 heteroatoms. The maximum atomic E-state index is 9.11. The van der Waals surface area contributed by atoms with Crippen molar-refractivity contribution in [1.82, 2.24) is 0 Å². The SMILES string of the molecule is CC.OB(O)c1ccc(Cl)c2c1N=CCC2. The molecule has 0 unspecified atom stereocenters. The number of aliphatic imine (C=N–C) groups is 1. The van der Waals surface area contributed by atoms with Gasteiger partial charge in [0.25, 0.3) is 0 Å². The molecule has 3 nitrogen and oxygen atoms in total. The Morgan fingerprint density at radius 1 is 1.31 bits per heavy atom. The van der Waals surface area contributed by atoms with Crippen molar-refractivity contribution in [2.24, 2.45) is 4.99 Å². The highest BCUT2D eigenvalue weighted by Crippen LogP contribution is 2.28. The molecule has 0 atom stereocenters. The number of halogens is 1. The Kier molecular flexibility index (Phi) is 4.99. The summed E-state index contributed by atoms with van der Waals surface area (Å²) in [4.78, 5) is 4.15. The summed E-state index contributed by atoms with van der Waals surface area (Å²) < 4.78 is 0. The van der Waals surface area contributed by atoms with Crippen molar-refractivity contribution in [3.63, 3.8) is 0 Å². The number of hydrogen-bond acceptors (Lipinski definition) is 3. The first-order chi connectivity index (χ1) is 7.70. The van der Waals surface area contributed by atoms with Gasteiger partial charge in [-0.25, -0.2) is 0 Å². The topological polar surface area (TPSA) is 52.8 Å². The van der Waals surface area contributed by atoms with Crippen molar-refractivity contribution in [1.29, 1.82) is 0 Å². The lowest BCUT2D eigenvalue weighted by atomic mass is 9.77. The second-order valence-corrected chi connectivity index (χ2v) is 3.59. The molecule has 16 heavy (non-hydrogen) atoms. The second kappa shape index (κ2) is 6.04. The summed E-state index contributed by atoms with van der Waals surface area (Å²) in [6, 6.07) is 3.27. The third kappa shape index (κ3) is 2.64. The van der Waals surface area contributed by atoms with Gasteiger partial charge in [-0.2, -0.15) is 0 Å². The lowest BCUT2D eigenvalue weighted by Gasteiger charge is -2.15. The van der Waals surface area contributed by atoms with Gasteiger partial charge >= 0.3 is 7.12 Å². The molecule has 0 aromatic heterocycles. The molecular weight excluding hydrogens is 224 g/mol. The lowest BCUT2D eigenvalue weighted by molar-refractivity contribution is 0.426. The van der Waals surface area contributed by atoms with E-state index in [2.05, 4.69) is 4.99 Å². The zero-order valence-electron chi connectivity index (χ0n) is 9.44. The Morgan fingerprint density at radius 2 is 2.00 bits per heavy atom. The first-order valence-electron chi connectivity index (χ1n) is 5.40. The van der Waals surface area contributed by atoms with Crippen LogP contribution in [0.2, 0.25) is 5.02 Å². The molecule has 2 N–H and O–H groups in total. The van der Waals surface area contributed by atoms with Crippen LogP contribution in [0.5, 0.6) is 0 Å². The fourth-order valence-corrected chi connectivity index (χ4v) is 1.84. The molecular formula is C11H15BClNO2. The monoisotopic (exact) mass is 239 g/mol. The summed E-state index contributed by atoms with van der Waals surface area (Å²) in [6.07, 6.45) is 3.42. The van der Waals surface area contributed by atoms with Gasteiger partial charge in [0.15, 0.2) is 0 Å². The van der Waals surface area contributed by atoms with Gasteiger partial charge in [-0.3, -0.25) is 4.99 Å². The zero-order valence-corrected chi connectivity index (χ0v) is 10.2. The highest BCUT2D eigenvalue weighted by atomic mass is 35.5. The van der Waals surface area contributed by atoms with Crippen molar-refractivity contribution in [3.05, 3.63) is 22.7 Å². The van der Waals surface area contributed by atoms with Gasteiger partial charge in [0.1, 0.15) is 0 Å². The van der Waals surface area contributed by atoms with E-state index in [-0.39, 0.29) is 0 Å². The van der Waals surface area contributed by atoms with Crippen molar-refractivity contribution in [2.45, 2.75) is 26.7 Å². The van der Waals surface area contributed by atoms with Crippen LogP contribution in [-0.4, -0.2) is 23.4 Å². The van der Waals surface area contributed by atoms with Gasteiger partial charge in [-0.15, -0.1) is 0 Å². The Hall–Kier alpha value is -0.835. The minimum Gasteiger partial charge on any atom is -0.423 e. The molecule has 1 aliphatic rings. The summed E-state index contributed by atoms with van der Waals surface area (Å²) >= 11 is 5.98. The van der Waals surface area contributed by atoms with Crippen LogP contribution in [0.3, 0.4) is 0 Å². The van der Waals surface area contributed by atoms with Gasteiger partial charge in [0.05, 0.1) is 5.69 Å². The molecule has 0 saturated heterocycles. The van der Waals surface area contributed by atoms with Crippen LogP contribution in [0, 0.1) is 0 Å². The molecule has 0 saturated carbocycles. The van der Waals surface area contributed by atoms with Gasteiger partial charge in [-0.1, -0.05) is 31.5 Å². The Balaban J connectivity index is 0.000000606. The van der Waals surface area contributed by atoms with Gasteiger partial charge < -0.3 is 10.0 Å². The second-order valence-electron chi connectivity index (χ2n) is 3.19. The summed E-state index contributed by atoms with van der Waals surface area (Å²) in [6.45, 7) is 4.00. The summed E-state index contributed by atoms with van der Waals surface area (Å²) in [7, 11) is -1.49. The third-order valence-corrected chi connectivity index (χ3v) is 2.63. The predicted octanol–water partition coefficient (Wildman–Crippen LogP) is 1.69. The average molecular weight is 240 g/mol. The van der Waals surface area contributed by atoms with Crippen molar-refractivity contribution in [2.75, 3.05) is 0 Å². The van der Waals surface area contributed by atoms with Crippen molar-refractivity contribution < 1.29 is 10.0 Å².